The van der Waals surface area contributed by atoms with E-state index in [1.165, 1.54) is 11.9 Å². The smallest absolute Gasteiger partial charge is 0.252 e. The molecule has 0 unspecified atom stereocenters. The number of amides is 1. The number of rotatable bonds is 6. The van der Waals surface area contributed by atoms with Crippen LogP contribution in [-0.4, -0.2) is 32.2 Å². The first-order valence-electron chi connectivity index (χ1n) is 9.28. The second-order valence-corrected chi connectivity index (χ2v) is 6.71. The van der Waals surface area contributed by atoms with Crippen molar-refractivity contribution in [2.75, 3.05) is 6.54 Å². The predicted octanol–water partition coefficient (Wildman–Crippen LogP) is 3.62. The molecule has 0 aliphatic rings. The zero-order valence-electron chi connectivity index (χ0n) is 15.7. The van der Waals surface area contributed by atoms with Crippen molar-refractivity contribution in [1.29, 1.82) is 0 Å². The number of carbonyl (C=O) groups is 1. The van der Waals surface area contributed by atoms with E-state index in [2.05, 4.69) is 34.5 Å². The number of para-hydroxylation sites is 1. The van der Waals surface area contributed by atoms with E-state index < -0.39 is 0 Å². The number of benzene rings is 2. The highest BCUT2D eigenvalue weighted by molar-refractivity contribution is 6.07. The summed E-state index contributed by atoms with van der Waals surface area (Å²) in [7, 11) is 0. The molecule has 6 heteroatoms. The lowest BCUT2D eigenvalue weighted by atomic mass is 10.0. The van der Waals surface area contributed by atoms with Gasteiger partial charge in [-0.25, -0.2) is 9.97 Å². The van der Waals surface area contributed by atoms with E-state index in [-0.39, 0.29) is 5.91 Å². The molecule has 0 saturated carbocycles. The Kier molecular flexibility index (Phi) is 5.10. The molecule has 2 heterocycles. The van der Waals surface area contributed by atoms with Crippen molar-refractivity contribution >= 4 is 16.8 Å². The van der Waals surface area contributed by atoms with E-state index in [1.54, 1.807) is 11.0 Å². The second kappa shape index (κ2) is 8.00. The second-order valence-electron chi connectivity index (χ2n) is 6.71. The molecule has 0 spiro atoms. The highest BCUT2D eigenvalue weighted by atomic mass is 16.1. The molecule has 0 saturated heterocycles. The quantitative estimate of drug-likeness (QED) is 0.526. The molecule has 28 heavy (non-hydrogen) atoms. The number of hydrogen-bond donors (Lipinski definition) is 1. The maximum atomic E-state index is 12.9. The Morgan fingerprint density at radius 3 is 2.71 bits per heavy atom. The topological polar surface area (TPSA) is 72.7 Å². The van der Waals surface area contributed by atoms with E-state index in [9.17, 15) is 4.79 Å². The Bertz CT molecular complexity index is 1090. The fourth-order valence-corrected chi connectivity index (χ4v) is 3.12. The fraction of sp³-hybridized carbons (Fsp3) is 0.182. The van der Waals surface area contributed by atoms with Crippen LogP contribution in [0.1, 0.15) is 22.3 Å². The minimum atomic E-state index is -0.0921. The van der Waals surface area contributed by atoms with E-state index >= 15 is 0 Å². The van der Waals surface area contributed by atoms with Crippen molar-refractivity contribution in [3.63, 3.8) is 0 Å². The van der Waals surface area contributed by atoms with Gasteiger partial charge in [-0.1, -0.05) is 48.0 Å². The van der Waals surface area contributed by atoms with Gasteiger partial charge in [-0.15, -0.1) is 0 Å². The molecule has 4 rings (SSSR count). The summed E-state index contributed by atoms with van der Waals surface area (Å²) >= 11 is 0. The van der Waals surface area contributed by atoms with Gasteiger partial charge in [0.25, 0.3) is 5.91 Å². The zero-order chi connectivity index (χ0) is 19.3. The molecule has 0 atom stereocenters. The summed E-state index contributed by atoms with van der Waals surface area (Å²) in [6.45, 7) is 3.33. The summed E-state index contributed by atoms with van der Waals surface area (Å²) in [6, 6.07) is 17.8. The third-order valence-corrected chi connectivity index (χ3v) is 4.62. The van der Waals surface area contributed by atoms with Crippen molar-refractivity contribution < 1.29 is 4.79 Å². The molecular weight excluding hydrogens is 350 g/mol. The average molecular weight is 371 g/mol. The van der Waals surface area contributed by atoms with Gasteiger partial charge in [0.05, 0.1) is 16.8 Å². The predicted molar refractivity (Wildman–Crippen MR) is 109 cm³/mol. The normalized spacial score (nSPS) is 10.9. The number of fused-ring (bicyclic) bond motifs is 1. The molecular formula is C22H21N5O. The Morgan fingerprint density at radius 2 is 1.93 bits per heavy atom. The van der Waals surface area contributed by atoms with Gasteiger partial charge in [0, 0.05) is 24.0 Å². The molecule has 140 valence electrons. The van der Waals surface area contributed by atoms with Gasteiger partial charge < -0.3 is 5.32 Å². The molecule has 0 aliphatic heterocycles. The molecule has 0 bridgehead atoms. The first-order chi connectivity index (χ1) is 13.7. The van der Waals surface area contributed by atoms with E-state index in [0.717, 1.165) is 28.6 Å². The third-order valence-electron chi connectivity index (χ3n) is 4.62. The Hall–Kier alpha value is -3.54. The SMILES string of the molecule is Cc1ccc(-c2cc(C(=O)NCCCn3cncn3)c3ccccc3n2)cc1. The molecule has 1 N–H and O–H groups in total. The summed E-state index contributed by atoms with van der Waals surface area (Å²) in [6.07, 6.45) is 3.96. The summed E-state index contributed by atoms with van der Waals surface area (Å²) in [5, 5.41) is 7.93. The number of hydrogen-bond acceptors (Lipinski definition) is 4. The highest BCUT2D eigenvalue weighted by Gasteiger charge is 2.13. The van der Waals surface area contributed by atoms with E-state index in [0.29, 0.717) is 18.7 Å². The molecule has 4 aromatic rings. The van der Waals surface area contributed by atoms with Crippen LogP contribution in [0.2, 0.25) is 0 Å². The molecule has 0 radical (unpaired) electrons. The van der Waals surface area contributed by atoms with E-state index in [4.69, 9.17) is 4.98 Å². The highest BCUT2D eigenvalue weighted by Crippen LogP contribution is 2.25. The van der Waals surface area contributed by atoms with Crippen molar-refractivity contribution in [1.82, 2.24) is 25.1 Å². The van der Waals surface area contributed by atoms with Gasteiger partial charge in [0.1, 0.15) is 12.7 Å². The number of pyridine rings is 1. The monoisotopic (exact) mass is 371 g/mol. The van der Waals surface area contributed by atoms with Crippen LogP contribution in [0.4, 0.5) is 0 Å². The van der Waals surface area contributed by atoms with Crippen LogP contribution in [0.3, 0.4) is 0 Å². The lowest BCUT2D eigenvalue weighted by molar-refractivity contribution is 0.0954. The van der Waals surface area contributed by atoms with Gasteiger partial charge in [-0.2, -0.15) is 5.10 Å². The molecule has 1 amide bonds. The third kappa shape index (κ3) is 3.91. The van der Waals surface area contributed by atoms with E-state index in [1.807, 2.05) is 42.5 Å². The van der Waals surface area contributed by atoms with Crippen LogP contribution in [0.15, 0.2) is 67.3 Å². The number of nitrogens with zero attached hydrogens (tertiary/aromatic N) is 4. The van der Waals surface area contributed by atoms with Crippen LogP contribution in [0.25, 0.3) is 22.2 Å². The Balaban J connectivity index is 1.57. The summed E-state index contributed by atoms with van der Waals surface area (Å²) in [5.74, 6) is -0.0921. The van der Waals surface area contributed by atoms with Crippen LogP contribution in [0.5, 0.6) is 0 Å². The summed E-state index contributed by atoms with van der Waals surface area (Å²) in [4.78, 5) is 21.6. The zero-order valence-corrected chi connectivity index (χ0v) is 15.7. The number of carbonyl (C=O) groups excluding carboxylic acids is 1. The summed E-state index contributed by atoms with van der Waals surface area (Å²) < 4.78 is 1.75. The van der Waals surface area contributed by atoms with Gasteiger partial charge in [-0.05, 0) is 25.5 Å². The molecule has 2 aromatic heterocycles. The van der Waals surface area contributed by atoms with Crippen molar-refractivity contribution in [3.8, 4) is 11.3 Å². The molecule has 0 fully saturated rings. The Labute approximate surface area is 163 Å². The molecule has 6 nitrogen and oxygen atoms in total. The Morgan fingerprint density at radius 1 is 1.11 bits per heavy atom. The van der Waals surface area contributed by atoms with Crippen LogP contribution in [-0.2, 0) is 6.54 Å². The van der Waals surface area contributed by atoms with Gasteiger partial charge in [0.2, 0.25) is 0 Å². The summed E-state index contributed by atoms with van der Waals surface area (Å²) in [5.41, 5.74) is 4.44. The lowest BCUT2D eigenvalue weighted by Gasteiger charge is -2.11. The van der Waals surface area contributed by atoms with Crippen LogP contribution >= 0.6 is 0 Å². The maximum absolute atomic E-state index is 12.9. The number of aromatic nitrogens is 4. The van der Waals surface area contributed by atoms with Gasteiger partial charge in [0.15, 0.2) is 0 Å². The van der Waals surface area contributed by atoms with Crippen molar-refractivity contribution in [3.05, 3.63) is 78.4 Å². The average Bonchev–Trinajstić information content (AvgIpc) is 3.24. The molecule has 2 aromatic carbocycles. The fourth-order valence-electron chi connectivity index (χ4n) is 3.12. The standard InChI is InChI=1S/C22H21N5O/c1-16-7-9-17(10-8-16)21-13-19(18-5-2-3-6-20(18)26-21)22(28)24-11-4-12-27-15-23-14-25-27/h2-3,5-10,13-15H,4,11-12H2,1H3,(H,24,28). The van der Waals surface area contributed by atoms with Crippen molar-refractivity contribution in [2.45, 2.75) is 19.9 Å². The maximum Gasteiger partial charge on any atom is 0.252 e. The van der Waals surface area contributed by atoms with Gasteiger partial charge >= 0.3 is 0 Å². The number of nitrogens with one attached hydrogen (secondary N) is 1. The molecule has 0 aliphatic carbocycles. The van der Waals surface area contributed by atoms with Gasteiger partial charge in [-0.3, -0.25) is 9.48 Å². The largest absolute Gasteiger partial charge is 0.352 e. The minimum absolute atomic E-state index is 0.0921. The van der Waals surface area contributed by atoms with Crippen LogP contribution < -0.4 is 5.32 Å². The van der Waals surface area contributed by atoms with Crippen molar-refractivity contribution in [2.24, 2.45) is 0 Å². The first-order valence-corrected chi connectivity index (χ1v) is 9.28. The number of aryl methyl sites for hydroxylation is 2. The van der Waals surface area contributed by atoms with Crippen LogP contribution in [0, 0.1) is 6.92 Å². The minimum Gasteiger partial charge on any atom is -0.352 e. The first kappa shape index (κ1) is 17.9. The lowest BCUT2D eigenvalue weighted by Crippen LogP contribution is -2.25.